The number of thiophene rings is 1. The molecule has 2 rings (SSSR count). The first-order valence-electron chi connectivity index (χ1n) is 6.46. The molecule has 4 heteroatoms. The summed E-state index contributed by atoms with van der Waals surface area (Å²) in [5, 5.41) is 0. The maximum atomic E-state index is 11.9. The third-order valence-electron chi connectivity index (χ3n) is 2.88. The number of carbonyl (C=O) groups is 2. The van der Waals surface area contributed by atoms with Gasteiger partial charge in [-0.3, -0.25) is 9.59 Å². The number of carbonyl (C=O) groups excluding carboxylic acids is 2. The fraction of sp³-hybridized carbons (Fsp3) is 0.250. The van der Waals surface area contributed by atoms with Gasteiger partial charge in [0, 0.05) is 16.9 Å². The molecule has 0 aliphatic rings. The van der Waals surface area contributed by atoms with Crippen molar-refractivity contribution in [1.82, 2.24) is 0 Å². The zero-order valence-corrected chi connectivity index (χ0v) is 12.3. The van der Waals surface area contributed by atoms with E-state index in [1.54, 1.807) is 24.3 Å². The predicted molar refractivity (Wildman–Crippen MR) is 79.9 cm³/mol. The lowest BCUT2D eigenvalue weighted by Crippen LogP contribution is -2.10. The quantitative estimate of drug-likeness (QED) is 0.757. The Morgan fingerprint density at radius 2 is 1.75 bits per heavy atom. The molecule has 0 aliphatic carbocycles. The van der Waals surface area contributed by atoms with E-state index < -0.39 is 0 Å². The van der Waals surface area contributed by atoms with Gasteiger partial charge in [-0.25, -0.2) is 0 Å². The zero-order valence-electron chi connectivity index (χ0n) is 11.5. The minimum Gasteiger partial charge on any atom is -0.485 e. The average Bonchev–Trinajstić information content (AvgIpc) is 2.91. The van der Waals surface area contributed by atoms with Crippen LogP contribution in [0.4, 0.5) is 0 Å². The van der Waals surface area contributed by atoms with Gasteiger partial charge in [0.05, 0.1) is 4.88 Å². The molecule has 0 atom stereocenters. The first kappa shape index (κ1) is 14.5. The van der Waals surface area contributed by atoms with Crippen molar-refractivity contribution < 1.29 is 14.3 Å². The van der Waals surface area contributed by atoms with Crippen LogP contribution in [0.25, 0.3) is 0 Å². The van der Waals surface area contributed by atoms with E-state index in [-0.39, 0.29) is 18.2 Å². The van der Waals surface area contributed by atoms with Crippen molar-refractivity contribution in [2.75, 3.05) is 6.61 Å². The standard InChI is InChI=1S/C16H16O3S/c1-3-14(17)12-5-7-13(8-6-12)19-10-15(18)16-9-4-11(2)20-16/h4-9H,3,10H2,1-2H3. The number of ketones is 2. The summed E-state index contributed by atoms with van der Waals surface area (Å²) in [4.78, 5) is 25.2. The largest absolute Gasteiger partial charge is 0.485 e. The van der Waals surface area contributed by atoms with E-state index in [1.807, 2.05) is 26.0 Å². The summed E-state index contributed by atoms with van der Waals surface area (Å²) >= 11 is 1.47. The molecule has 0 unspecified atom stereocenters. The maximum absolute atomic E-state index is 11.9. The van der Waals surface area contributed by atoms with Crippen LogP contribution in [0.3, 0.4) is 0 Å². The van der Waals surface area contributed by atoms with E-state index in [4.69, 9.17) is 4.74 Å². The van der Waals surface area contributed by atoms with E-state index in [0.29, 0.717) is 22.6 Å². The van der Waals surface area contributed by atoms with E-state index >= 15 is 0 Å². The first-order chi connectivity index (χ1) is 9.60. The second-order valence-electron chi connectivity index (χ2n) is 4.42. The van der Waals surface area contributed by atoms with Crippen LogP contribution in [-0.2, 0) is 0 Å². The summed E-state index contributed by atoms with van der Waals surface area (Å²) in [6.07, 6.45) is 0.483. The number of hydrogen-bond donors (Lipinski definition) is 0. The van der Waals surface area contributed by atoms with Crippen LogP contribution in [0, 0.1) is 6.92 Å². The van der Waals surface area contributed by atoms with Crippen LogP contribution in [-0.4, -0.2) is 18.2 Å². The molecule has 1 heterocycles. The Labute approximate surface area is 122 Å². The number of aryl methyl sites for hydroxylation is 1. The van der Waals surface area contributed by atoms with Gasteiger partial charge in [-0.05, 0) is 43.3 Å². The minimum atomic E-state index is -0.0307. The predicted octanol–water partition coefficient (Wildman–Crippen LogP) is 3.91. The Morgan fingerprint density at radius 3 is 2.30 bits per heavy atom. The van der Waals surface area contributed by atoms with Crippen molar-refractivity contribution in [1.29, 1.82) is 0 Å². The highest BCUT2D eigenvalue weighted by Crippen LogP contribution is 2.17. The van der Waals surface area contributed by atoms with Crippen LogP contribution < -0.4 is 4.74 Å². The SMILES string of the molecule is CCC(=O)c1ccc(OCC(=O)c2ccc(C)s2)cc1. The molecule has 0 spiro atoms. The number of Topliss-reactive ketones (excluding diaryl/α,β-unsaturated/α-hetero) is 2. The van der Waals surface area contributed by atoms with E-state index in [0.717, 1.165) is 4.88 Å². The van der Waals surface area contributed by atoms with Gasteiger partial charge in [0.25, 0.3) is 0 Å². The van der Waals surface area contributed by atoms with Gasteiger partial charge in [0.15, 0.2) is 12.4 Å². The van der Waals surface area contributed by atoms with Crippen molar-refractivity contribution in [3.8, 4) is 5.75 Å². The van der Waals surface area contributed by atoms with Gasteiger partial charge in [0.1, 0.15) is 5.75 Å². The average molecular weight is 288 g/mol. The minimum absolute atomic E-state index is 0.0149. The smallest absolute Gasteiger partial charge is 0.210 e. The van der Waals surface area contributed by atoms with E-state index in [2.05, 4.69) is 0 Å². The highest BCUT2D eigenvalue weighted by molar-refractivity contribution is 7.14. The van der Waals surface area contributed by atoms with Crippen LogP contribution in [0.15, 0.2) is 36.4 Å². The molecule has 104 valence electrons. The topological polar surface area (TPSA) is 43.4 Å². The van der Waals surface area contributed by atoms with Crippen LogP contribution in [0.2, 0.25) is 0 Å². The highest BCUT2D eigenvalue weighted by atomic mass is 32.1. The third-order valence-corrected chi connectivity index (χ3v) is 3.92. The number of rotatable bonds is 6. The fourth-order valence-corrected chi connectivity index (χ4v) is 2.54. The van der Waals surface area contributed by atoms with Gasteiger partial charge in [-0.1, -0.05) is 6.92 Å². The van der Waals surface area contributed by atoms with Crippen molar-refractivity contribution in [2.24, 2.45) is 0 Å². The molecule has 20 heavy (non-hydrogen) atoms. The Morgan fingerprint density at radius 1 is 1.05 bits per heavy atom. The summed E-state index contributed by atoms with van der Waals surface area (Å²) in [5.41, 5.74) is 0.667. The molecule has 0 N–H and O–H groups in total. The van der Waals surface area contributed by atoms with Gasteiger partial charge in [0.2, 0.25) is 5.78 Å². The second-order valence-corrected chi connectivity index (χ2v) is 5.71. The maximum Gasteiger partial charge on any atom is 0.210 e. The summed E-state index contributed by atoms with van der Waals surface area (Å²) in [6, 6.07) is 10.6. The Kier molecular flexibility index (Phi) is 4.69. The van der Waals surface area contributed by atoms with Crippen molar-refractivity contribution >= 4 is 22.9 Å². The lowest BCUT2D eigenvalue weighted by Gasteiger charge is -2.05. The lowest BCUT2D eigenvalue weighted by atomic mass is 10.1. The molecule has 1 aromatic heterocycles. The monoisotopic (exact) mass is 288 g/mol. The highest BCUT2D eigenvalue weighted by Gasteiger charge is 2.09. The third kappa shape index (κ3) is 3.54. The van der Waals surface area contributed by atoms with Crippen molar-refractivity contribution in [3.05, 3.63) is 51.7 Å². The molecule has 2 aromatic rings. The molecule has 3 nitrogen and oxygen atoms in total. The van der Waals surface area contributed by atoms with Crippen LogP contribution >= 0.6 is 11.3 Å². The summed E-state index contributed by atoms with van der Waals surface area (Å²) in [6.45, 7) is 3.81. The first-order valence-corrected chi connectivity index (χ1v) is 7.27. The Bertz CT molecular complexity index is 611. The molecule has 0 bridgehead atoms. The van der Waals surface area contributed by atoms with Crippen molar-refractivity contribution in [3.63, 3.8) is 0 Å². The summed E-state index contributed by atoms with van der Waals surface area (Å²) in [7, 11) is 0. The molecular formula is C16H16O3S. The van der Waals surface area contributed by atoms with Crippen LogP contribution in [0.5, 0.6) is 5.75 Å². The number of hydrogen-bond acceptors (Lipinski definition) is 4. The molecule has 0 saturated carbocycles. The Hall–Kier alpha value is -1.94. The molecule has 1 aromatic carbocycles. The molecule has 0 aliphatic heterocycles. The molecule has 0 radical (unpaired) electrons. The van der Waals surface area contributed by atoms with E-state index in [1.165, 1.54) is 11.3 Å². The fourth-order valence-electron chi connectivity index (χ4n) is 1.75. The van der Waals surface area contributed by atoms with Gasteiger partial charge >= 0.3 is 0 Å². The van der Waals surface area contributed by atoms with Crippen molar-refractivity contribution in [2.45, 2.75) is 20.3 Å². The number of ether oxygens (including phenoxy) is 1. The molecular weight excluding hydrogens is 272 g/mol. The van der Waals surface area contributed by atoms with Gasteiger partial charge in [-0.15, -0.1) is 11.3 Å². The van der Waals surface area contributed by atoms with Crippen LogP contribution in [0.1, 0.15) is 38.3 Å². The normalized spacial score (nSPS) is 10.3. The molecule has 0 saturated heterocycles. The Balaban J connectivity index is 1.94. The second kappa shape index (κ2) is 6.48. The summed E-state index contributed by atoms with van der Waals surface area (Å²) in [5.74, 6) is 0.665. The number of benzene rings is 1. The molecule has 0 fully saturated rings. The van der Waals surface area contributed by atoms with Gasteiger partial charge < -0.3 is 4.74 Å². The lowest BCUT2D eigenvalue weighted by molar-refractivity contribution is 0.0924. The zero-order chi connectivity index (χ0) is 14.5. The van der Waals surface area contributed by atoms with E-state index in [9.17, 15) is 9.59 Å². The molecule has 0 amide bonds. The van der Waals surface area contributed by atoms with Gasteiger partial charge in [-0.2, -0.15) is 0 Å². The summed E-state index contributed by atoms with van der Waals surface area (Å²) < 4.78 is 5.45.